The Bertz CT molecular complexity index is 1260. The van der Waals surface area contributed by atoms with E-state index in [1.165, 1.54) is 23.1 Å². The maximum absolute atomic E-state index is 12.8. The summed E-state index contributed by atoms with van der Waals surface area (Å²) in [7, 11) is 1.83. The van der Waals surface area contributed by atoms with E-state index in [2.05, 4.69) is 15.5 Å². The van der Waals surface area contributed by atoms with Gasteiger partial charge >= 0.3 is 5.97 Å². The number of esters is 1. The van der Waals surface area contributed by atoms with E-state index in [1.54, 1.807) is 12.1 Å². The van der Waals surface area contributed by atoms with Gasteiger partial charge < -0.3 is 19.4 Å². The Hall–Kier alpha value is -2.56. The summed E-state index contributed by atoms with van der Waals surface area (Å²) in [4.78, 5) is 26.8. The number of benzene rings is 1. The predicted molar refractivity (Wildman–Crippen MR) is 142 cm³/mol. The summed E-state index contributed by atoms with van der Waals surface area (Å²) >= 11 is 8.79. The number of nitrogens with zero attached hydrogens (tertiary/aromatic N) is 3. The molecule has 3 aromatic rings. The normalized spacial score (nSPS) is 13.8. The summed E-state index contributed by atoms with van der Waals surface area (Å²) in [6.45, 7) is 5.52. The number of halogens is 1. The van der Waals surface area contributed by atoms with Crippen molar-refractivity contribution in [3.05, 3.63) is 51.1 Å². The third kappa shape index (κ3) is 6.22. The number of carbonyl (C=O) groups is 2. The van der Waals surface area contributed by atoms with Crippen molar-refractivity contribution in [2.24, 2.45) is 7.05 Å². The summed E-state index contributed by atoms with van der Waals surface area (Å²) in [6, 6.07) is 7.16. The standard InChI is InChI=1S/C25H29ClN4O4S2/c1-14(2)33-24(32)21-18-10-5-6-11-19(18)36-23(21)27-20(31)13-35-25-29-28-22(30(25)4)15(3)34-17-9-7-8-16(26)12-17/h7-9,12,14-15H,5-6,10-11,13H2,1-4H3,(H,27,31). The molecule has 1 N–H and O–H groups in total. The largest absolute Gasteiger partial charge is 0.483 e. The molecule has 1 atom stereocenters. The molecule has 0 radical (unpaired) electrons. The minimum atomic E-state index is -0.376. The molecule has 0 saturated heterocycles. The van der Waals surface area contributed by atoms with Gasteiger partial charge in [-0.25, -0.2) is 4.79 Å². The minimum absolute atomic E-state index is 0.122. The summed E-state index contributed by atoms with van der Waals surface area (Å²) in [6.07, 6.45) is 3.27. The number of ether oxygens (including phenoxy) is 2. The number of hydrogen-bond acceptors (Lipinski definition) is 8. The van der Waals surface area contributed by atoms with Gasteiger partial charge in [-0.3, -0.25) is 4.79 Å². The first-order chi connectivity index (χ1) is 17.2. The Labute approximate surface area is 223 Å². The third-order valence-corrected chi connectivity index (χ3v) is 8.11. The summed E-state index contributed by atoms with van der Waals surface area (Å²) in [5, 5.41) is 13.2. The maximum Gasteiger partial charge on any atom is 0.341 e. The van der Waals surface area contributed by atoms with Crippen LogP contribution in [0.4, 0.5) is 5.00 Å². The first-order valence-corrected chi connectivity index (χ1v) is 14.0. The minimum Gasteiger partial charge on any atom is -0.483 e. The second-order valence-electron chi connectivity index (χ2n) is 8.82. The lowest BCUT2D eigenvalue weighted by Gasteiger charge is -2.14. The zero-order chi connectivity index (χ0) is 25.8. The van der Waals surface area contributed by atoms with Crippen LogP contribution < -0.4 is 10.1 Å². The topological polar surface area (TPSA) is 95.3 Å². The molecule has 1 aromatic carbocycles. The highest BCUT2D eigenvalue weighted by molar-refractivity contribution is 7.99. The average molecular weight is 549 g/mol. The molecule has 36 heavy (non-hydrogen) atoms. The molecule has 0 bridgehead atoms. The van der Waals surface area contributed by atoms with Gasteiger partial charge in [0.15, 0.2) is 17.1 Å². The van der Waals surface area contributed by atoms with Crippen molar-refractivity contribution < 1.29 is 19.1 Å². The predicted octanol–water partition coefficient (Wildman–Crippen LogP) is 5.84. The lowest BCUT2D eigenvalue weighted by molar-refractivity contribution is -0.113. The number of rotatable bonds is 9. The Morgan fingerprint density at radius 2 is 2.00 bits per heavy atom. The number of fused-ring (bicyclic) bond motifs is 1. The van der Waals surface area contributed by atoms with Gasteiger partial charge in [0, 0.05) is 16.9 Å². The third-order valence-electron chi connectivity index (χ3n) is 5.64. The molecule has 8 nitrogen and oxygen atoms in total. The van der Waals surface area contributed by atoms with E-state index in [-0.39, 0.29) is 29.8 Å². The van der Waals surface area contributed by atoms with Crippen molar-refractivity contribution in [1.82, 2.24) is 14.8 Å². The zero-order valence-electron chi connectivity index (χ0n) is 20.7. The van der Waals surface area contributed by atoms with Crippen molar-refractivity contribution in [2.75, 3.05) is 11.1 Å². The lowest BCUT2D eigenvalue weighted by Crippen LogP contribution is -2.19. The Kier molecular flexibility index (Phi) is 8.58. The number of nitrogens with one attached hydrogen (secondary N) is 1. The van der Waals surface area contributed by atoms with E-state index in [9.17, 15) is 9.59 Å². The molecule has 11 heteroatoms. The summed E-state index contributed by atoms with van der Waals surface area (Å²) in [5.74, 6) is 0.792. The smallest absolute Gasteiger partial charge is 0.341 e. The van der Waals surface area contributed by atoms with E-state index in [0.717, 1.165) is 36.1 Å². The van der Waals surface area contributed by atoms with Crippen LogP contribution in [-0.2, 0) is 29.4 Å². The van der Waals surface area contributed by atoms with Gasteiger partial charge in [-0.15, -0.1) is 21.5 Å². The van der Waals surface area contributed by atoms with Crippen molar-refractivity contribution in [1.29, 1.82) is 0 Å². The molecule has 1 aliphatic rings. The number of hydrogen-bond donors (Lipinski definition) is 1. The molecule has 2 aromatic heterocycles. The number of carbonyl (C=O) groups excluding carboxylic acids is 2. The van der Waals surface area contributed by atoms with Gasteiger partial charge in [-0.1, -0.05) is 29.4 Å². The molecule has 1 aliphatic carbocycles. The highest BCUT2D eigenvalue weighted by Gasteiger charge is 2.28. The van der Waals surface area contributed by atoms with Crippen molar-refractivity contribution in [2.45, 2.75) is 63.8 Å². The van der Waals surface area contributed by atoms with Crippen LogP contribution in [0.5, 0.6) is 5.75 Å². The van der Waals surface area contributed by atoms with E-state index in [4.69, 9.17) is 21.1 Å². The van der Waals surface area contributed by atoms with Gasteiger partial charge in [0.05, 0.1) is 17.4 Å². The molecule has 1 amide bonds. The fourth-order valence-electron chi connectivity index (χ4n) is 4.04. The van der Waals surface area contributed by atoms with Gasteiger partial charge in [0.1, 0.15) is 10.8 Å². The van der Waals surface area contributed by atoms with Crippen molar-refractivity contribution >= 4 is 51.6 Å². The van der Waals surface area contributed by atoms with Gasteiger partial charge in [0.2, 0.25) is 5.91 Å². The van der Waals surface area contributed by atoms with Crippen molar-refractivity contribution in [3.63, 3.8) is 0 Å². The first-order valence-electron chi connectivity index (χ1n) is 11.8. The Morgan fingerprint density at radius 3 is 2.75 bits per heavy atom. The van der Waals surface area contributed by atoms with E-state index >= 15 is 0 Å². The number of aryl methyl sites for hydroxylation is 1. The summed E-state index contributed by atoms with van der Waals surface area (Å²) < 4.78 is 13.2. The number of thiophene rings is 1. The van der Waals surface area contributed by atoms with Crippen LogP contribution in [0.15, 0.2) is 29.4 Å². The lowest BCUT2D eigenvalue weighted by atomic mass is 9.95. The molecule has 2 heterocycles. The number of thioether (sulfide) groups is 1. The highest BCUT2D eigenvalue weighted by Crippen LogP contribution is 2.39. The number of anilines is 1. The Morgan fingerprint density at radius 1 is 1.22 bits per heavy atom. The van der Waals surface area contributed by atoms with E-state index < -0.39 is 0 Å². The van der Waals surface area contributed by atoms with E-state index in [0.29, 0.717) is 32.3 Å². The molecule has 0 spiro atoms. The van der Waals surface area contributed by atoms with Crippen LogP contribution in [0.1, 0.15) is 66.3 Å². The van der Waals surface area contributed by atoms with E-state index in [1.807, 2.05) is 44.5 Å². The number of amides is 1. The van der Waals surface area contributed by atoms with Crippen LogP contribution >= 0.6 is 34.7 Å². The average Bonchev–Trinajstić information content (AvgIpc) is 3.37. The molecule has 192 valence electrons. The van der Waals surface area contributed by atoms with Gasteiger partial charge in [0.25, 0.3) is 0 Å². The quantitative estimate of drug-likeness (QED) is 0.265. The fraction of sp³-hybridized carbons (Fsp3) is 0.440. The molecule has 0 saturated carbocycles. The van der Waals surface area contributed by atoms with Crippen LogP contribution in [0.2, 0.25) is 5.02 Å². The van der Waals surface area contributed by atoms with Crippen LogP contribution in [0, 0.1) is 0 Å². The highest BCUT2D eigenvalue weighted by atomic mass is 35.5. The second-order valence-corrected chi connectivity index (χ2v) is 11.3. The molecule has 0 fully saturated rings. The molecular formula is C25H29ClN4O4S2. The Balaban J connectivity index is 1.41. The molecule has 0 aliphatic heterocycles. The number of aromatic nitrogens is 3. The fourth-order valence-corrected chi connectivity index (χ4v) is 6.23. The van der Waals surface area contributed by atoms with Crippen LogP contribution in [-0.4, -0.2) is 38.5 Å². The second kappa shape index (κ2) is 11.7. The van der Waals surface area contributed by atoms with Crippen LogP contribution in [0.25, 0.3) is 0 Å². The molecule has 1 unspecified atom stereocenters. The molecule has 4 rings (SSSR count). The van der Waals surface area contributed by atoms with Gasteiger partial charge in [-0.2, -0.15) is 0 Å². The zero-order valence-corrected chi connectivity index (χ0v) is 23.1. The summed E-state index contributed by atoms with van der Waals surface area (Å²) in [5.41, 5.74) is 1.53. The monoisotopic (exact) mass is 548 g/mol. The first kappa shape index (κ1) is 26.5. The van der Waals surface area contributed by atoms with Crippen molar-refractivity contribution in [3.8, 4) is 5.75 Å². The van der Waals surface area contributed by atoms with Crippen LogP contribution in [0.3, 0.4) is 0 Å². The maximum atomic E-state index is 12.8. The SMILES string of the molecule is CC(C)OC(=O)c1c(NC(=O)CSc2nnc(C(C)Oc3cccc(Cl)c3)n2C)sc2c1CCCC2. The van der Waals surface area contributed by atoms with Gasteiger partial charge in [-0.05, 0) is 70.2 Å². The molecular weight excluding hydrogens is 520 g/mol.